The van der Waals surface area contributed by atoms with Crippen LogP contribution >= 0.6 is 0 Å². The van der Waals surface area contributed by atoms with Crippen molar-refractivity contribution in [2.24, 2.45) is 5.41 Å². The predicted octanol–water partition coefficient (Wildman–Crippen LogP) is 8.19. The summed E-state index contributed by atoms with van der Waals surface area (Å²) in [6.45, 7) is 17.9. The summed E-state index contributed by atoms with van der Waals surface area (Å²) in [6, 6.07) is 14.3. The first-order valence-electron chi connectivity index (χ1n) is 16.3. The third-order valence-corrected chi connectivity index (χ3v) is 8.72. The molecule has 0 unspecified atom stereocenters. The fourth-order valence-corrected chi connectivity index (χ4v) is 6.18. The number of carboxylic acids is 1. The van der Waals surface area contributed by atoms with Gasteiger partial charge in [-0.2, -0.15) is 0 Å². The molecule has 4 aromatic rings. The topological polar surface area (TPSA) is 89.7 Å². The summed E-state index contributed by atoms with van der Waals surface area (Å²) < 4.78 is 27.7. The maximum absolute atomic E-state index is 13.3. The average Bonchev–Trinajstić information content (AvgIpc) is 3.34. The minimum absolute atomic E-state index is 0.181. The zero-order valence-corrected chi connectivity index (χ0v) is 28.9. The van der Waals surface area contributed by atoms with Crippen molar-refractivity contribution >= 4 is 11.7 Å². The van der Waals surface area contributed by atoms with Gasteiger partial charge in [-0.3, -0.25) is 4.57 Å². The summed E-state index contributed by atoms with van der Waals surface area (Å²) in [5.74, 6) is 0.867. The second-order valence-corrected chi connectivity index (χ2v) is 14.3. The Balaban J connectivity index is 1.66. The molecule has 3 heterocycles. The minimum Gasteiger partial charge on any atom is -0.493 e. The van der Waals surface area contributed by atoms with Gasteiger partial charge in [0.2, 0.25) is 0 Å². The summed E-state index contributed by atoms with van der Waals surface area (Å²) in [4.78, 5) is 25.1. The highest BCUT2D eigenvalue weighted by atomic mass is 19.1. The molecule has 8 nitrogen and oxygen atoms in total. The van der Waals surface area contributed by atoms with Crippen LogP contribution in [0.1, 0.15) is 81.9 Å². The Morgan fingerprint density at radius 3 is 2.19 bits per heavy atom. The minimum atomic E-state index is -1.22. The van der Waals surface area contributed by atoms with Gasteiger partial charge < -0.3 is 19.5 Å². The summed E-state index contributed by atoms with van der Waals surface area (Å²) in [5, 5.41) is 10.6. The van der Waals surface area contributed by atoms with Crippen molar-refractivity contribution in [3.8, 4) is 22.7 Å². The number of pyridine rings is 1. The number of aliphatic carboxylic acids is 1. The van der Waals surface area contributed by atoms with Gasteiger partial charge >= 0.3 is 5.97 Å². The molecule has 1 saturated heterocycles. The first-order chi connectivity index (χ1) is 22.1. The lowest BCUT2D eigenvalue weighted by atomic mass is 9.82. The second kappa shape index (κ2) is 13.5. The summed E-state index contributed by atoms with van der Waals surface area (Å²) >= 11 is 0. The lowest BCUT2D eigenvalue weighted by Crippen LogP contribution is -2.39. The Labute approximate surface area is 277 Å². The van der Waals surface area contributed by atoms with Crippen LogP contribution in [0.4, 0.5) is 10.1 Å². The number of aryl methyl sites for hydroxylation is 3. The molecule has 0 radical (unpaired) electrons. The maximum Gasteiger partial charge on any atom is 0.337 e. The molecule has 1 fully saturated rings. The number of halogens is 1. The SMILES string of the molecule is Cc1cn(-c2nc(C)c([C@H](OC(C)(C)C)C(=O)O)c(N3CCC(C)(C)CC3)c2-c2ccc(OCCc3ccc(F)cc3)cc2)c(C)n1. The van der Waals surface area contributed by atoms with E-state index in [-0.39, 0.29) is 11.2 Å². The Morgan fingerprint density at radius 2 is 1.64 bits per heavy atom. The van der Waals surface area contributed by atoms with Crippen LogP contribution < -0.4 is 9.64 Å². The van der Waals surface area contributed by atoms with E-state index in [9.17, 15) is 14.3 Å². The highest BCUT2D eigenvalue weighted by Crippen LogP contribution is 2.46. The van der Waals surface area contributed by atoms with E-state index < -0.39 is 17.7 Å². The number of rotatable bonds is 10. The zero-order chi connectivity index (χ0) is 34.1. The molecule has 0 saturated carbocycles. The molecular formula is C38H47FN4O4. The molecule has 0 amide bonds. The highest BCUT2D eigenvalue weighted by Gasteiger charge is 2.37. The molecule has 1 atom stereocenters. The molecule has 0 spiro atoms. The number of imidazole rings is 1. The van der Waals surface area contributed by atoms with Crippen LogP contribution in [-0.4, -0.2) is 50.9 Å². The fourth-order valence-electron chi connectivity index (χ4n) is 6.18. The zero-order valence-electron chi connectivity index (χ0n) is 28.9. The molecule has 250 valence electrons. The van der Waals surface area contributed by atoms with Crippen molar-refractivity contribution < 1.29 is 23.8 Å². The molecule has 47 heavy (non-hydrogen) atoms. The van der Waals surface area contributed by atoms with Crippen LogP contribution in [-0.2, 0) is 16.0 Å². The van der Waals surface area contributed by atoms with Crippen LogP contribution in [0.5, 0.6) is 5.75 Å². The van der Waals surface area contributed by atoms with E-state index in [1.54, 1.807) is 12.1 Å². The monoisotopic (exact) mass is 642 g/mol. The van der Waals surface area contributed by atoms with E-state index in [4.69, 9.17) is 14.5 Å². The fraction of sp³-hybridized carbons (Fsp3) is 0.447. The van der Waals surface area contributed by atoms with Crippen molar-refractivity contribution in [3.05, 3.63) is 88.9 Å². The number of carboxylic acid groups (broad SMARTS) is 1. The van der Waals surface area contributed by atoms with Crippen molar-refractivity contribution in [3.63, 3.8) is 0 Å². The quantitative estimate of drug-likeness (QED) is 0.187. The number of piperidine rings is 1. The first-order valence-corrected chi connectivity index (χ1v) is 16.3. The van der Waals surface area contributed by atoms with E-state index in [2.05, 4.69) is 23.7 Å². The number of hydrogen-bond acceptors (Lipinski definition) is 6. The Hall–Kier alpha value is -4.24. The molecule has 2 aromatic heterocycles. The Morgan fingerprint density at radius 1 is 1.00 bits per heavy atom. The van der Waals surface area contributed by atoms with Gasteiger partial charge in [0, 0.05) is 42.5 Å². The Kier molecular flexibility index (Phi) is 9.78. The van der Waals surface area contributed by atoms with Gasteiger partial charge in [0.15, 0.2) is 6.10 Å². The first kappa shape index (κ1) is 34.1. The van der Waals surface area contributed by atoms with Crippen molar-refractivity contribution in [1.82, 2.24) is 14.5 Å². The number of hydrogen-bond donors (Lipinski definition) is 1. The third-order valence-electron chi connectivity index (χ3n) is 8.72. The van der Waals surface area contributed by atoms with Crippen molar-refractivity contribution in [1.29, 1.82) is 0 Å². The summed E-state index contributed by atoms with van der Waals surface area (Å²) in [5.41, 5.74) is 5.04. The normalized spacial score (nSPS) is 15.5. The standard InChI is InChI=1S/C38H47FN4O4/c1-24-23-43(26(3)40-24)35-32(28-11-15-30(16-12-28)46-22-17-27-9-13-29(39)14-10-27)33(42-20-18-38(7,8)19-21-42)31(25(2)41-35)34(36(44)45)47-37(4,5)6/h9-16,23,34H,17-22H2,1-8H3,(H,44,45)/t34-/m0/s1. The summed E-state index contributed by atoms with van der Waals surface area (Å²) in [7, 11) is 0. The second-order valence-electron chi connectivity index (χ2n) is 14.3. The van der Waals surface area contributed by atoms with Gasteiger partial charge in [0.25, 0.3) is 0 Å². The number of nitrogens with zero attached hydrogens (tertiary/aromatic N) is 4. The molecule has 2 aromatic carbocycles. The lowest BCUT2D eigenvalue weighted by Gasteiger charge is -2.41. The van der Waals surface area contributed by atoms with Gasteiger partial charge in [-0.05, 0) is 95.2 Å². The third kappa shape index (κ3) is 8.01. The van der Waals surface area contributed by atoms with E-state index in [1.807, 2.05) is 76.6 Å². The molecular weight excluding hydrogens is 595 g/mol. The highest BCUT2D eigenvalue weighted by molar-refractivity contribution is 5.90. The number of carbonyl (C=O) groups is 1. The van der Waals surface area contributed by atoms with Crippen LogP contribution in [0.15, 0.2) is 54.7 Å². The Bertz CT molecular complexity index is 1710. The van der Waals surface area contributed by atoms with E-state index in [0.29, 0.717) is 35.9 Å². The molecule has 5 rings (SSSR count). The number of anilines is 1. The van der Waals surface area contributed by atoms with Crippen LogP contribution in [0, 0.1) is 32.0 Å². The molecule has 1 N–H and O–H groups in total. The average molecular weight is 643 g/mol. The molecule has 0 bridgehead atoms. The van der Waals surface area contributed by atoms with E-state index in [0.717, 1.165) is 59.8 Å². The van der Waals surface area contributed by atoms with Crippen LogP contribution in [0.25, 0.3) is 16.9 Å². The predicted molar refractivity (Wildman–Crippen MR) is 183 cm³/mol. The molecule has 0 aliphatic carbocycles. The maximum atomic E-state index is 13.3. The van der Waals surface area contributed by atoms with Gasteiger partial charge in [0.05, 0.1) is 23.6 Å². The molecule has 9 heteroatoms. The van der Waals surface area contributed by atoms with Gasteiger partial charge in [0.1, 0.15) is 23.2 Å². The smallest absolute Gasteiger partial charge is 0.337 e. The number of aromatic nitrogens is 3. The lowest BCUT2D eigenvalue weighted by molar-refractivity contribution is -0.160. The molecule has 1 aliphatic rings. The van der Waals surface area contributed by atoms with Crippen LogP contribution in [0.3, 0.4) is 0 Å². The van der Waals surface area contributed by atoms with Gasteiger partial charge in [-0.25, -0.2) is 19.2 Å². The number of benzene rings is 2. The van der Waals surface area contributed by atoms with Gasteiger partial charge in [-0.15, -0.1) is 0 Å². The number of ether oxygens (including phenoxy) is 2. The van der Waals surface area contributed by atoms with Crippen molar-refractivity contribution in [2.45, 2.75) is 86.4 Å². The summed E-state index contributed by atoms with van der Waals surface area (Å²) in [6.07, 6.45) is 3.32. The molecule has 1 aliphatic heterocycles. The van der Waals surface area contributed by atoms with Crippen molar-refractivity contribution in [2.75, 3.05) is 24.6 Å². The van der Waals surface area contributed by atoms with E-state index >= 15 is 0 Å². The van der Waals surface area contributed by atoms with Crippen LogP contribution in [0.2, 0.25) is 0 Å². The largest absolute Gasteiger partial charge is 0.493 e. The van der Waals surface area contributed by atoms with Gasteiger partial charge in [-0.1, -0.05) is 38.1 Å². The van der Waals surface area contributed by atoms with E-state index in [1.165, 1.54) is 12.1 Å².